The van der Waals surface area contributed by atoms with Gasteiger partial charge in [0.25, 0.3) is 0 Å². The maximum absolute atomic E-state index is 12.0. The van der Waals surface area contributed by atoms with Crippen LogP contribution in [0.2, 0.25) is 0 Å². The zero-order valence-corrected chi connectivity index (χ0v) is 33.7. The van der Waals surface area contributed by atoms with Gasteiger partial charge in [0, 0.05) is 23.7 Å². The van der Waals surface area contributed by atoms with Gasteiger partial charge in [-0.3, -0.25) is 0 Å². The lowest BCUT2D eigenvalue weighted by Crippen LogP contribution is -2.20. The zero-order chi connectivity index (χ0) is 41.1. The molecular formula is C60H36N2. The van der Waals surface area contributed by atoms with Crippen LogP contribution in [0.5, 0.6) is 0 Å². The molecule has 62 heavy (non-hydrogen) atoms. The highest BCUT2D eigenvalue weighted by molar-refractivity contribution is 5.92. The molecule has 0 fully saturated rings. The lowest BCUT2D eigenvalue weighted by Gasteiger charge is -2.35. The third-order valence-electron chi connectivity index (χ3n) is 14.3. The Bertz CT molecular complexity index is 3070. The van der Waals surface area contributed by atoms with Crippen LogP contribution in [-0.2, 0) is 0 Å². The molecule has 0 atom stereocenters. The Morgan fingerprint density at radius 3 is 0.758 bits per heavy atom. The molecule has 0 saturated heterocycles. The highest BCUT2D eigenvalue weighted by Gasteiger charge is 2.46. The Kier molecular flexibility index (Phi) is 7.42. The summed E-state index contributed by atoms with van der Waals surface area (Å²) in [6.07, 6.45) is 0. The molecule has 4 aliphatic carbocycles. The first kappa shape index (κ1) is 34.8. The fraction of sp³-hybridized carbons (Fsp3) is 0.0667. The molecule has 9 aromatic carbocycles. The smallest absolute Gasteiger partial charge is 0.209 e. The average molecular weight is 785 g/mol. The van der Waals surface area contributed by atoms with Crippen LogP contribution in [0.1, 0.15) is 96.0 Å². The van der Waals surface area contributed by atoms with Gasteiger partial charge in [-0.1, -0.05) is 194 Å². The predicted molar refractivity (Wildman–Crippen MR) is 249 cm³/mol. The lowest BCUT2D eigenvalue weighted by atomic mass is 9.67. The number of hydrogen-bond acceptors (Lipinski definition) is 1. The molecule has 2 nitrogen and oxygen atoms in total. The number of fused-ring (bicyclic) bond motifs is 12. The van der Waals surface area contributed by atoms with Crippen LogP contribution in [-0.4, -0.2) is 0 Å². The van der Waals surface area contributed by atoms with Crippen molar-refractivity contribution in [1.29, 1.82) is 5.26 Å². The minimum Gasteiger partial charge on any atom is -0.236 e. The van der Waals surface area contributed by atoms with Crippen LogP contribution in [0.4, 0.5) is 5.69 Å². The third-order valence-corrected chi connectivity index (χ3v) is 14.3. The molecule has 4 aliphatic rings. The Labute approximate surface area is 361 Å². The first-order valence-electron chi connectivity index (χ1n) is 21.5. The van der Waals surface area contributed by atoms with E-state index in [1.165, 1.54) is 89.0 Å². The van der Waals surface area contributed by atoms with Gasteiger partial charge in [-0.25, -0.2) is 4.85 Å². The Morgan fingerprint density at radius 2 is 0.516 bits per heavy atom. The molecule has 286 valence electrons. The van der Waals surface area contributed by atoms with E-state index in [-0.39, 0.29) is 23.7 Å². The van der Waals surface area contributed by atoms with E-state index in [1.54, 1.807) is 0 Å². The van der Waals surface area contributed by atoms with E-state index in [9.17, 15) is 11.8 Å². The van der Waals surface area contributed by atoms with Crippen molar-refractivity contribution < 1.29 is 0 Å². The number of hydrogen-bond donors (Lipinski definition) is 0. The van der Waals surface area contributed by atoms with Crippen molar-refractivity contribution in [2.24, 2.45) is 0 Å². The van der Waals surface area contributed by atoms with E-state index in [4.69, 9.17) is 0 Å². The van der Waals surface area contributed by atoms with Crippen molar-refractivity contribution in [3.05, 3.63) is 278 Å². The number of nitrogens with zero attached hydrogens (tertiary/aromatic N) is 2. The van der Waals surface area contributed by atoms with Crippen LogP contribution >= 0.6 is 0 Å². The Morgan fingerprint density at radius 1 is 0.306 bits per heavy atom. The van der Waals surface area contributed by atoms with E-state index < -0.39 is 0 Å². The first-order chi connectivity index (χ1) is 30.8. The van der Waals surface area contributed by atoms with Crippen LogP contribution < -0.4 is 0 Å². The average Bonchev–Trinajstić information content (AvgIpc) is 4.06. The summed E-state index contributed by atoms with van der Waals surface area (Å²) < 4.78 is 0. The summed E-state index contributed by atoms with van der Waals surface area (Å²) in [6.45, 7) is 9.36. The van der Waals surface area contributed by atoms with Gasteiger partial charge in [0.05, 0.1) is 18.2 Å². The summed E-state index contributed by atoms with van der Waals surface area (Å²) in [4.78, 5) is 4.60. The largest absolute Gasteiger partial charge is 0.236 e. The highest BCUT2D eigenvalue weighted by atomic mass is 14.7. The Balaban J connectivity index is 1.29. The molecule has 0 aromatic heterocycles. The fourth-order valence-corrected chi connectivity index (χ4v) is 12.1. The lowest BCUT2D eigenvalue weighted by molar-refractivity contribution is 0.845. The van der Waals surface area contributed by atoms with Crippen molar-refractivity contribution >= 4 is 5.69 Å². The molecule has 0 spiro atoms. The van der Waals surface area contributed by atoms with Gasteiger partial charge in [-0.05, 0) is 111 Å². The molecule has 0 radical (unpaired) electrons. The summed E-state index contributed by atoms with van der Waals surface area (Å²) in [7, 11) is 0. The standard InChI is InChI=1S/C60H36N2/c1-62-60-51(34-61)56(52-43-26-10-2-18-35(43)36-19-3-11-27-44(36)52)57(53-45-28-12-4-20-37(45)38-21-5-13-29-46(38)53)58(54-47-30-14-6-22-39(47)40-23-7-15-31-48(40)54)59(60)55-49-32-16-8-24-41(49)42-25-9-17-33-50(42)55/h2-33,52-55H. The number of benzene rings is 9. The molecule has 9 aromatic rings. The third kappa shape index (κ3) is 4.56. The summed E-state index contributed by atoms with van der Waals surface area (Å²) in [5.41, 5.74) is 24.3. The molecule has 0 amide bonds. The molecule has 0 saturated carbocycles. The van der Waals surface area contributed by atoms with Crippen molar-refractivity contribution in [2.75, 3.05) is 0 Å². The second-order valence-electron chi connectivity index (χ2n) is 17.0. The van der Waals surface area contributed by atoms with Gasteiger partial charge in [0.1, 0.15) is 0 Å². The van der Waals surface area contributed by atoms with Gasteiger partial charge in [0.15, 0.2) is 0 Å². The monoisotopic (exact) mass is 784 g/mol. The first-order valence-corrected chi connectivity index (χ1v) is 21.5. The summed E-state index contributed by atoms with van der Waals surface area (Å²) in [5, 5.41) is 12.0. The molecular weight excluding hydrogens is 749 g/mol. The molecule has 0 N–H and O–H groups in total. The normalized spacial score (nSPS) is 14.2. The quantitative estimate of drug-likeness (QED) is 0.163. The van der Waals surface area contributed by atoms with Crippen molar-refractivity contribution in [2.45, 2.75) is 23.7 Å². The minimum absolute atomic E-state index is 0.217. The van der Waals surface area contributed by atoms with Gasteiger partial charge in [0.2, 0.25) is 5.69 Å². The number of nitriles is 1. The minimum atomic E-state index is -0.282. The van der Waals surface area contributed by atoms with Crippen LogP contribution in [0.25, 0.3) is 49.4 Å². The van der Waals surface area contributed by atoms with Crippen molar-refractivity contribution in [3.8, 4) is 50.6 Å². The topological polar surface area (TPSA) is 28.1 Å². The molecule has 2 heteroatoms. The maximum Gasteiger partial charge on any atom is 0.209 e. The molecule has 0 unspecified atom stereocenters. The molecule has 0 heterocycles. The maximum atomic E-state index is 12.0. The van der Waals surface area contributed by atoms with E-state index in [0.29, 0.717) is 11.3 Å². The number of rotatable bonds is 4. The molecule has 0 bridgehead atoms. The predicted octanol–water partition coefficient (Wildman–Crippen LogP) is 14.8. The molecule has 13 rings (SSSR count). The van der Waals surface area contributed by atoms with Gasteiger partial charge in [-0.2, -0.15) is 5.26 Å². The second kappa shape index (κ2) is 13.2. The van der Waals surface area contributed by atoms with E-state index in [0.717, 1.165) is 22.3 Å². The van der Waals surface area contributed by atoms with Crippen LogP contribution in [0, 0.1) is 17.9 Å². The van der Waals surface area contributed by atoms with Crippen LogP contribution in [0.15, 0.2) is 194 Å². The van der Waals surface area contributed by atoms with Crippen molar-refractivity contribution in [3.63, 3.8) is 0 Å². The zero-order valence-electron chi connectivity index (χ0n) is 33.7. The van der Waals surface area contributed by atoms with Gasteiger partial charge >= 0.3 is 0 Å². The summed E-state index contributed by atoms with van der Waals surface area (Å²) in [6, 6.07) is 73.2. The fourth-order valence-electron chi connectivity index (χ4n) is 12.1. The second-order valence-corrected chi connectivity index (χ2v) is 17.0. The highest BCUT2D eigenvalue weighted by Crippen LogP contribution is 2.63. The van der Waals surface area contributed by atoms with E-state index in [2.05, 4.69) is 205 Å². The van der Waals surface area contributed by atoms with E-state index >= 15 is 0 Å². The van der Waals surface area contributed by atoms with Crippen LogP contribution in [0.3, 0.4) is 0 Å². The van der Waals surface area contributed by atoms with Gasteiger partial charge in [-0.15, -0.1) is 0 Å². The summed E-state index contributed by atoms with van der Waals surface area (Å²) in [5.74, 6) is -0.998. The van der Waals surface area contributed by atoms with Crippen molar-refractivity contribution in [1.82, 2.24) is 0 Å². The molecule has 0 aliphatic heterocycles. The Hall–Kier alpha value is -8.04. The SMILES string of the molecule is [C-]#[N+]c1c(C#N)c(C2c3ccccc3-c3ccccc32)c(C2c3ccccc3-c3ccccc32)c(C2c3ccccc3-c3ccccc32)c1C1c2ccccc2-c2ccccc21. The van der Waals surface area contributed by atoms with E-state index in [1.807, 2.05) is 0 Å². The van der Waals surface area contributed by atoms with Gasteiger partial charge < -0.3 is 0 Å². The summed E-state index contributed by atoms with van der Waals surface area (Å²) >= 11 is 0.